The van der Waals surface area contributed by atoms with Crippen molar-refractivity contribution in [1.29, 1.82) is 0 Å². The number of halogens is 2. The van der Waals surface area contributed by atoms with Crippen molar-refractivity contribution in [2.75, 3.05) is 25.1 Å². The highest BCUT2D eigenvalue weighted by Gasteiger charge is 2.24. The molecule has 0 spiro atoms. The zero-order valence-electron chi connectivity index (χ0n) is 32.1. The first-order chi connectivity index (χ1) is 28.3. The molecule has 0 N–H and O–H groups in total. The lowest BCUT2D eigenvalue weighted by Crippen LogP contribution is -2.33. The number of nitrogens with zero attached hydrogens (tertiary/aromatic N) is 5. The van der Waals surface area contributed by atoms with Gasteiger partial charge in [0.15, 0.2) is 0 Å². The number of pyridine rings is 1. The summed E-state index contributed by atoms with van der Waals surface area (Å²) in [6.07, 6.45) is 1.73. The first-order valence-corrected chi connectivity index (χ1v) is 19.4. The second-order valence-electron chi connectivity index (χ2n) is 14.0. The normalized spacial score (nSPS) is 13.0. The molecule has 5 aromatic carbocycles. The summed E-state index contributed by atoms with van der Waals surface area (Å²) in [5.41, 5.74) is 5.27. The van der Waals surface area contributed by atoms with Gasteiger partial charge in [-0.25, -0.2) is 18.4 Å². The third kappa shape index (κ3) is 8.54. The molecule has 0 atom stereocenters. The molecule has 1 aliphatic heterocycles. The van der Waals surface area contributed by atoms with Crippen molar-refractivity contribution < 1.29 is 23.3 Å². The third-order valence-corrected chi connectivity index (χ3v) is 10.5. The molecular weight excluding hydrogens is 757 g/mol. The van der Waals surface area contributed by atoms with Gasteiger partial charge >= 0.3 is 11.7 Å². The first-order valence-electron chi connectivity index (χ1n) is 19.0. The number of hydrogen-bond acceptors (Lipinski definition) is 8. The Morgan fingerprint density at radius 3 is 2.16 bits per heavy atom. The summed E-state index contributed by atoms with van der Waals surface area (Å²) in [6, 6.07) is 41.9. The minimum atomic E-state index is -0.358. The molecule has 0 amide bonds. The van der Waals surface area contributed by atoms with Crippen molar-refractivity contribution in [3.63, 3.8) is 0 Å². The molecule has 0 radical (unpaired) electrons. The molecule has 58 heavy (non-hydrogen) atoms. The van der Waals surface area contributed by atoms with Gasteiger partial charge in [0, 0.05) is 37.8 Å². The Hall–Kier alpha value is -6.59. The fourth-order valence-electron chi connectivity index (χ4n) is 7.12. The van der Waals surface area contributed by atoms with Crippen LogP contribution >= 0.6 is 11.6 Å². The molecule has 8 rings (SSSR count). The molecule has 0 unspecified atom stereocenters. The lowest BCUT2D eigenvalue weighted by Gasteiger charge is -2.34. The molecule has 1 fully saturated rings. The average Bonchev–Trinajstić information content (AvgIpc) is 3.56. The molecule has 1 aliphatic rings. The van der Waals surface area contributed by atoms with Gasteiger partial charge in [-0.1, -0.05) is 90.5 Å². The van der Waals surface area contributed by atoms with E-state index in [0.29, 0.717) is 83.0 Å². The van der Waals surface area contributed by atoms with Crippen LogP contribution in [0.1, 0.15) is 35.4 Å². The van der Waals surface area contributed by atoms with Gasteiger partial charge < -0.3 is 23.8 Å². The predicted octanol–water partition coefficient (Wildman–Crippen LogP) is 9.77. The van der Waals surface area contributed by atoms with Crippen molar-refractivity contribution >= 4 is 17.3 Å². The van der Waals surface area contributed by atoms with Crippen molar-refractivity contribution in [2.24, 2.45) is 7.05 Å². The highest BCUT2D eigenvalue weighted by molar-refractivity contribution is 6.32. The van der Waals surface area contributed by atoms with Crippen molar-refractivity contribution in [1.82, 2.24) is 19.3 Å². The summed E-state index contributed by atoms with van der Waals surface area (Å²) in [6.45, 7) is 2.09. The molecule has 1 saturated heterocycles. The fourth-order valence-corrected chi connectivity index (χ4v) is 7.27. The minimum Gasteiger partial charge on any atom is -0.473 e. The van der Waals surface area contributed by atoms with Crippen LogP contribution in [0.15, 0.2) is 138 Å². The monoisotopic (exact) mass is 797 g/mol. The zero-order valence-corrected chi connectivity index (χ0v) is 32.8. The van der Waals surface area contributed by atoms with E-state index in [2.05, 4.69) is 22.1 Å². The Morgan fingerprint density at radius 2 is 1.48 bits per heavy atom. The number of aromatic nitrogens is 4. The Bertz CT molecular complexity index is 2560. The Labute approximate surface area is 340 Å². The second-order valence-corrected chi connectivity index (χ2v) is 14.4. The van der Waals surface area contributed by atoms with Gasteiger partial charge in [0.2, 0.25) is 11.8 Å². The van der Waals surface area contributed by atoms with Gasteiger partial charge in [0.05, 0.1) is 23.5 Å². The van der Waals surface area contributed by atoms with Gasteiger partial charge in [-0.3, -0.25) is 0 Å². The molecule has 2 aromatic heterocycles. The van der Waals surface area contributed by atoms with Gasteiger partial charge in [-0.05, 0) is 83.5 Å². The van der Waals surface area contributed by atoms with E-state index in [0.717, 1.165) is 24.0 Å². The summed E-state index contributed by atoms with van der Waals surface area (Å²) < 4.78 is 42.2. The summed E-state index contributed by atoms with van der Waals surface area (Å²) in [5.74, 6) is 1.80. The van der Waals surface area contributed by atoms with Crippen LogP contribution in [0.4, 0.5) is 10.1 Å². The van der Waals surface area contributed by atoms with E-state index in [-0.39, 0.29) is 17.5 Å². The van der Waals surface area contributed by atoms with Crippen LogP contribution < -0.4 is 29.5 Å². The number of aryl methyl sites for hydroxylation is 1. The predicted molar refractivity (Wildman–Crippen MR) is 222 cm³/mol. The van der Waals surface area contributed by atoms with Crippen molar-refractivity contribution in [2.45, 2.75) is 32.0 Å². The number of benzene rings is 5. The summed E-state index contributed by atoms with van der Waals surface area (Å²) in [4.78, 5) is 19.5. The van der Waals surface area contributed by atoms with E-state index in [9.17, 15) is 4.79 Å². The molecular formula is C46H41ClFN5O5. The number of anilines is 1. The second kappa shape index (κ2) is 17.3. The maximum Gasteiger partial charge on any atom is 0.353 e. The topological polar surface area (TPSA) is 92.9 Å². The quantitative estimate of drug-likeness (QED) is 0.114. The minimum absolute atomic E-state index is 0.152. The number of methoxy groups -OCH3 is 1. The number of rotatable bonds is 13. The molecule has 10 nitrogen and oxygen atoms in total. The molecule has 294 valence electrons. The van der Waals surface area contributed by atoms with Crippen LogP contribution in [-0.2, 0) is 20.3 Å². The van der Waals surface area contributed by atoms with Gasteiger partial charge in [-0.2, -0.15) is 4.98 Å². The Morgan fingerprint density at radius 1 is 0.793 bits per heavy atom. The summed E-state index contributed by atoms with van der Waals surface area (Å²) in [7, 11) is 3.01. The molecule has 12 heteroatoms. The lowest BCUT2D eigenvalue weighted by molar-refractivity contribution is 0.268. The van der Waals surface area contributed by atoms with Crippen LogP contribution in [0.3, 0.4) is 0 Å². The van der Waals surface area contributed by atoms with Crippen LogP contribution in [0.2, 0.25) is 5.02 Å². The standard InChI is InChI=1S/C46H41ClFN5O5/c1-51-46(54)53(45(50-51)55-2)36-16-20-39(47)42(28-36)58-37-17-13-33(14-18-37)34-23-25-52(26-24-34)41-21-15-35(27-40(41)48)38-19-22-43(56-29-31-9-5-3-6-10-31)49-44(38)57-30-32-11-7-4-8-12-32/h3-22,27-28,34H,23-26,29-30H2,1-2H3. The molecule has 0 saturated carbocycles. The van der Waals surface area contributed by atoms with Crippen LogP contribution in [0.25, 0.3) is 16.8 Å². The van der Waals surface area contributed by atoms with Crippen LogP contribution in [0, 0.1) is 5.82 Å². The maximum absolute atomic E-state index is 16.0. The van der Waals surface area contributed by atoms with Gasteiger partial charge in [0.25, 0.3) is 0 Å². The first kappa shape index (κ1) is 38.3. The van der Waals surface area contributed by atoms with Gasteiger partial charge in [-0.15, -0.1) is 5.10 Å². The summed E-state index contributed by atoms with van der Waals surface area (Å²) >= 11 is 6.49. The Kier molecular flexibility index (Phi) is 11.4. The van der Waals surface area contributed by atoms with E-state index in [4.69, 9.17) is 35.5 Å². The van der Waals surface area contributed by atoms with E-state index in [1.54, 1.807) is 37.4 Å². The zero-order chi connectivity index (χ0) is 40.0. The number of hydrogen-bond donors (Lipinski definition) is 0. The van der Waals surface area contributed by atoms with E-state index >= 15 is 4.39 Å². The SMILES string of the molecule is COc1nn(C)c(=O)n1-c1ccc(Cl)c(Oc2ccc(C3CCN(c4ccc(-c5ccc(OCc6ccccc6)nc5OCc5ccccc5)cc4F)CC3)cc2)c1. The Balaban J connectivity index is 0.923. The molecule has 7 aromatic rings. The maximum atomic E-state index is 16.0. The summed E-state index contributed by atoms with van der Waals surface area (Å²) in [5, 5.41) is 4.50. The number of ether oxygens (including phenoxy) is 4. The smallest absolute Gasteiger partial charge is 0.353 e. The highest BCUT2D eigenvalue weighted by atomic mass is 35.5. The molecule has 0 aliphatic carbocycles. The molecule has 0 bridgehead atoms. The van der Waals surface area contributed by atoms with Crippen LogP contribution in [0.5, 0.6) is 29.3 Å². The lowest BCUT2D eigenvalue weighted by atomic mass is 9.89. The van der Waals surface area contributed by atoms with E-state index in [1.807, 2.05) is 91.0 Å². The van der Waals surface area contributed by atoms with E-state index in [1.165, 1.54) is 21.9 Å². The largest absolute Gasteiger partial charge is 0.473 e. The average molecular weight is 798 g/mol. The highest BCUT2D eigenvalue weighted by Crippen LogP contribution is 2.38. The van der Waals surface area contributed by atoms with Gasteiger partial charge in [0.1, 0.15) is 30.5 Å². The van der Waals surface area contributed by atoms with Crippen LogP contribution in [-0.4, -0.2) is 39.5 Å². The van der Waals surface area contributed by atoms with E-state index < -0.39 is 0 Å². The molecule has 3 heterocycles. The number of piperidine rings is 1. The van der Waals surface area contributed by atoms with Crippen molar-refractivity contribution in [3.05, 3.63) is 171 Å². The van der Waals surface area contributed by atoms with Crippen molar-refractivity contribution in [3.8, 4) is 46.1 Å². The third-order valence-electron chi connectivity index (χ3n) is 10.2. The fraction of sp³-hybridized carbons (Fsp3) is 0.196.